The molecular weight excluding hydrogens is 403 g/mol. The maximum atomic E-state index is 12.4. The number of carbonyl (C=O) groups is 1. The van der Waals surface area contributed by atoms with E-state index in [2.05, 4.69) is 30.5 Å². The summed E-state index contributed by atoms with van der Waals surface area (Å²) in [7, 11) is 1.52. The van der Waals surface area contributed by atoms with Crippen molar-refractivity contribution in [1.29, 1.82) is 0 Å². The second-order valence-electron chi connectivity index (χ2n) is 6.84. The van der Waals surface area contributed by atoms with Crippen LogP contribution < -0.4 is 15.4 Å². The van der Waals surface area contributed by atoms with Crippen molar-refractivity contribution in [3.8, 4) is 17.1 Å². The summed E-state index contributed by atoms with van der Waals surface area (Å²) in [5.41, 5.74) is 1.20. The first-order chi connectivity index (χ1) is 14.2. The van der Waals surface area contributed by atoms with E-state index in [1.165, 1.54) is 13.3 Å². The highest BCUT2D eigenvalue weighted by Crippen LogP contribution is 2.28. The maximum absolute atomic E-state index is 12.4. The van der Waals surface area contributed by atoms with E-state index in [1.54, 1.807) is 32.3 Å². The first-order valence-electron chi connectivity index (χ1n) is 9.00. The number of hydrogen-bond donors (Lipinski definition) is 3. The number of aromatic nitrogens is 5. The zero-order chi connectivity index (χ0) is 21.9. The first-order valence-corrected chi connectivity index (χ1v) is 9.00. The molecule has 160 valence electrons. The number of nitrogens with one attached hydrogen (secondary N) is 3. The number of nitrogens with zero attached hydrogens (tertiary/aromatic N) is 4. The number of methoxy groups -OCH3 is 1. The van der Waals surface area contributed by atoms with Gasteiger partial charge in [-0.15, -0.1) is 5.10 Å². The average molecular weight is 423 g/mol. The molecule has 0 bridgehead atoms. The van der Waals surface area contributed by atoms with Gasteiger partial charge in [0.05, 0.1) is 19.5 Å². The van der Waals surface area contributed by atoms with Crippen molar-refractivity contribution in [3.63, 3.8) is 0 Å². The van der Waals surface area contributed by atoms with Crippen LogP contribution in [0.15, 0.2) is 24.7 Å². The fourth-order valence-corrected chi connectivity index (χ4v) is 2.76. The van der Waals surface area contributed by atoms with Crippen molar-refractivity contribution >= 4 is 22.8 Å². The summed E-state index contributed by atoms with van der Waals surface area (Å²) < 4.78 is 42.4. The lowest BCUT2D eigenvalue weighted by Crippen LogP contribution is -2.46. The number of anilines is 1. The molecule has 0 saturated heterocycles. The molecule has 0 unspecified atom stereocenters. The molecule has 3 N–H and O–H groups in total. The van der Waals surface area contributed by atoms with Crippen molar-refractivity contribution < 1.29 is 22.7 Å². The van der Waals surface area contributed by atoms with E-state index in [4.69, 9.17) is 4.74 Å². The quantitative estimate of drug-likeness (QED) is 0.535. The van der Waals surface area contributed by atoms with Gasteiger partial charge < -0.3 is 20.4 Å². The normalized spacial score (nSPS) is 12.8. The molecule has 1 amide bonds. The highest BCUT2D eigenvalue weighted by Gasteiger charge is 2.30. The fraction of sp³-hybridized carbons (Fsp3) is 0.389. The molecule has 0 aliphatic heterocycles. The predicted molar refractivity (Wildman–Crippen MR) is 103 cm³/mol. The third-order valence-corrected chi connectivity index (χ3v) is 4.26. The summed E-state index contributed by atoms with van der Waals surface area (Å²) >= 11 is 0. The Morgan fingerprint density at radius 2 is 2.07 bits per heavy atom. The molecule has 3 heterocycles. The minimum Gasteiger partial charge on any atom is -0.495 e. The van der Waals surface area contributed by atoms with Gasteiger partial charge in [-0.25, -0.2) is 9.97 Å². The van der Waals surface area contributed by atoms with Crippen LogP contribution in [0.4, 0.5) is 19.0 Å². The van der Waals surface area contributed by atoms with Gasteiger partial charge in [0.15, 0.2) is 5.82 Å². The van der Waals surface area contributed by atoms with Gasteiger partial charge in [-0.1, -0.05) is 13.8 Å². The average Bonchev–Trinajstić information content (AvgIpc) is 3.12. The first kappa shape index (κ1) is 21.3. The van der Waals surface area contributed by atoms with E-state index in [1.807, 2.05) is 5.32 Å². The highest BCUT2D eigenvalue weighted by atomic mass is 19.4. The molecule has 0 aliphatic rings. The zero-order valence-electron chi connectivity index (χ0n) is 16.4. The SMILES string of the molecule is COc1cnc2[nH]cc(-c3nncc(N[C@@H](C(=O)NCC(F)(F)F)C(C)C)n3)c2c1. The topological polar surface area (TPSA) is 118 Å². The minimum absolute atomic E-state index is 0.200. The van der Waals surface area contributed by atoms with Crippen molar-refractivity contribution in [3.05, 3.63) is 24.7 Å². The number of alkyl halides is 3. The second kappa shape index (κ2) is 8.51. The van der Waals surface area contributed by atoms with Gasteiger partial charge in [-0.2, -0.15) is 18.3 Å². The summed E-state index contributed by atoms with van der Waals surface area (Å²) in [4.78, 5) is 23.8. The molecule has 0 spiro atoms. The molecule has 0 fully saturated rings. The van der Waals surface area contributed by atoms with E-state index < -0.39 is 24.7 Å². The molecule has 30 heavy (non-hydrogen) atoms. The van der Waals surface area contributed by atoms with Crippen LogP contribution in [0.5, 0.6) is 5.75 Å². The lowest BCUT2D eigenvalue weighted by molar-refractivity contribution is -0.139. The number of ether oxygens (including phenoxy) is 1. The Morgan fingerprint density at radius 3 is 2.73 bits per heavy atom. The van der Waals surface area contributed by atoms with Gasteiger partial charge in [0.25, 0.3) is 0 Å². The van der Waals surface area contributed by atoms with Gasteiger partial charge in [-0.3, -0.25) is 4.79 Å². The van der Waals surface area contributed by atoms with Crippen molar-refractivity contribution in [2.75, 3.05) is 19.0 Å². The Balaban J connectivity index is 1.85. The lowest BCUT2D eigenvalue weighted by Gasteiger charge is -2.22. The van der Waals surface area contributed by atoms with E-state index >= 15 is 0 Å². The standard InChI is InChI=1S/C18H20F3N7O2/c1-9(2)14(17(29)24-8-18(19,20)21)26-13-7-25-28-16(27-13)12-6-23-15-11(12)4-10(30-3)5-22-15/h4-7,9,14H,8H2,1-3H3,(H,22,23)(H,24,29)(H,26,27,28)/t14-/m1/s1. The zero-order valence-corrected chi connectivity index (χ0v) is 16.4. The van der Waals surface area contributed by atoms with Crippen LogP contribution in [0.1, 0.15) is 13.8 Å². The Hall–Kier alpha value is -3.44. The molecule has 1 atom stereocenters. The summed E-state index contributed by atoms with van der Waals surface area (Å²) in [5, 5.41) is 13.3. The van der Waals surface area contributed by atoms with Crippen LogP contribution in [-0.4, -0.2) is 56.9 Å². The van der Waals surface area contributed by atoms with Crippen LogP contribution in [0.25, 0.3) is 22.4 Å². The van der Waals surface area contributed by atoms with Crippen molar-refractivity contribution in [2.24, 2.45) is 5.92 Å². The Kier molecular flexibility index (Phi) is 6.04. The van der Waals surface area contributed by atoms with E-state index in [0.29, 0.717) is 22.3 Å². The van der Waals surface area contributed by atoms with Gasteiger partial charge in [0, 0.05) is 17.1 Å². The van der Waals surface area contributed by atoms with Crippen LogP contribution in [-0.2, 0) is 4.79 Å². The Labute approximate surface area is 169 Å². The molecule has 0 saturated carbocycles. The molecule has 0 aromatic carbocycles. The largest absolute Gasteiger partial charge is 0.495 e. The van der Waals surface area contributed by atoms with Crippen LogP contribution in [0.2, 0.25) is 0 Å². The fourth-order valence-electron chi connectivity index (χ4n) is 2.76. The number of pyridine rings is 1. The molecular formula is C18H20F3N7O2. The Bertz CT molecular complexity index is 1040. The summed E-state index contributed by atoms with van der Waals surface area (Å²) in [6.07, 6.45) is 0.0230. The molecule has 12 heteroatoms. The van der Waals surface area contributed by atoms with Gasteiger partial charge in [-0.05, 0) is 12.0 Å². The lowest BCUT2D eigenvalue weighted by atomic mass is 10.0. The molecule has 9 nitrogen and oxygen atoms in total. The van der Waals surface area contributed by atoms with Crippen LogP contribution >= 0.6 is 0 Å². The number of aromatic amines is 1. The van der Waals surface area contributed by atoms with E-state index in [9.17, 15) is 18.0 Å². The monoisotopic (exact) mass is 423 g/mol. The number of carbonyl (C=O) groups excluding carboxylic acids is 1. The molecule has 3 aromatic heterocycles. The minimum atomic E-state index is -4.49. The summed E-state index contributed by atoms with van der Waals surface area (Å²) in [6.45, 7) is 2.00. The van der Waals surface area contributed by atoms with E-state index in [-0.39, 0.29) is 17.6 Å². The molecule has 3 aromatic rings. The molecule has 0 radical (unpaired) electrons. The van der Waals surface area contributed by atoms with Crippen molar-refractivity contribution in [2.45, 2.75) is 26.1 Å². The Morgan fingerprint density at radius 1 is 1.30 bits per heavy atom. The van der Waals surface area contributed by atoms with Crippen molar-refractivity contribution in [1.82, 2.24) is 30.5 Å². The van der Waals surface area contributed by atoms with Gasteiger partial charge in [0.2, 0.25) is 5.91 Å². The number of amides is 1. The third kappa shape index (κ3) is 4.93. The second-order valence-corrected chi connectivity index (χ2v) is 6.84. The van der Waals surface area contributed by atoms with Crippen LogP contribution in [0, 0.1) is 5.92 Å². The number of halogens is 3. The summed E-state index contributed by atoms with van der Waals surface area (Å²) in [5.74, 6) is -0.0981. The van der Waals surface area contributed by atoms with Gasteiger partial charge in [0.1, 0.15) is 29.8 Å². The highest BCUT2D eigenvalue weighted by molar-refractivity contribution is 5.92. The predicted octanol–water partition coefficient (Wildman–Crippen LogP) is 2.54. The summed E-state index contributed by atoms with van der Waals surface area (Å²) in [6, 6.07) is 0.820. The maximum Gasteiger partial charge on any atom is 0.405 e. The van der Waals surface area contributed by atoms with Crippen LogP contribution in [0.3, 0.4) is 0 Å². The smallest absolute Gasteiger partial charge is 0.405 e. The third-order valence-electron chi connectivity index (χ3n) is 4.26. The van der Waals surface area contributed by atoms with Gasteiger partial charge >= 0.3 is 6.18 Å². The molecule has 3 rings (SSSR count). The number of hydrogen-bond acceptors (Lipinski definition) is 7. The number of H-pyrrole nitrogens is 1. The number of rotatable bonds is 7. The number of fused-ring (bicyclic) bond motifs is 1. The molecule has 0 aliphatic carbocycles. The van der Waals surface area contributed by atoms with E-state index in [0.717, 1.165) is 0 Å².